The zero-order chi connectivity index (χ0) is 20.2. The second-order valence-electron chi connectivity index (χ2n) is 9.91. The Balaban J connectivity index is 0.000000483. The second-order valence-corrected chi connectivity index (χ2v) is 27.2. The third kappa shape index (κ3) is 10.6. The molecule has 0 spiro atoms. The minimum atomic E-state index is -1.60. The Kier molecular flexibility index (Phi) is 10.4. The topological polar surface area (TPSA) is 18.5 Å². The molecule has 0 saturated carbocycles. The standard InChI is InChI=1S/2C10H19OSi2.Fe/c2*1-12(2,3)11-13(4,5)10-8-6-7-9-10;/h2*6-7H,8H2,1-5H3;/q2*-1;+2. The van der Waals surface area contributed by atoms with Crippen LogP contribution in [0, 0.1) is 12.2 Å². The summed E-state index contributed by atoms with van der Waals surface area (Å²) in [4.78, 5) is 0. The van der Waals surface area contributed by atoms with Crippen LogP contribution < -0.4 is 0 Å². The zero-order valence-corrected chi connectivity index (χ0v) is 24.0. The first-order valence-corrected chi connectivity index (χ1v) is 22.2. The van der Waals surface area contributed by atoms with Gasteiger partial charge in [0.1, 0.15) is 0 Å². The van der Waals surface area contributed by atoms with Crippen LogP contribution in [-0.4, -0.2) is 33.3 Å². The average Bonchev–Trinajstić information content (AvgIpc) is 3.09. The van der Waals surface area contributed by atoms with Crippen LogP contribution in [0.4, 0.5) is 0 Å². The van der Waals surface area contributed by atoms with E-state index >= 15 is 0 Å². The quantitative estimate of drug-likeness (QED) is 0.319. The van der Waals surface area contributed by atoms with Crippen molar-refractivity contribution in [3.8, 4) is 0 Å². The summed E-state index contributed by atoms with van der Waals surface area (Å²) >= 11 is 0. The summed E-state index contributed by atoms with van der Waals surface area (Å²) in [7, 11) is -5.98. The Bertz CT molecular complexity index is 552. The molecule has 0 atom stereocenters. The molecule has 154 valence electrons. The Morgan fingerprint density at radius 3 is 1.11 bits per heavy atom. The predicted octanol–water partition coefficient (Wildman–Crippen LogP) is 6.54. The summed E-state index contributed by atoms with van der Waals surface area (Å²) in [6.07, 6.45) is 17.1. The molecule has 0 radical (unpaired) electrons. The van der Waals surface area contributed by atoms with Gasteiger partial charge in [0.05, 0.1) is 0 Å². The summed E-state index contributed by atoms with van der Waals surface area (Å²) in [5, 5.41) is 2.82. The van der Waals surface area contributed by atoms with Gasteiger partial charge in [-0.05, 0) is 65.5 Å². The average molecular weight is 479 g/mol. The van der Waals surface area contributed by atoms with Crippen molar-refractivity contribution in [1.29, 1.82) is 0 Å². The van der Waals surface area contributed by atoms with Gasteiger partial charge in [-0.25, -0.2) is 24.3 Å². The normalized spacial score (nSPS) is 17.1. The van der Waals surface area contributed by atoms with Crippen molar-refractivity contribution in [1.82, 2.24) is 0 Å². The molecule has 0 heterocycles. The van der Waals surface area contributed by atoms with Gasteiger partial charge in [-0.2, -0.15) is 10.4 Å². The molecule has 2 rings (SSSR count). The van der Waals surface area contributed by atoms with Crippen LogP contribution in [0.25, 0.3) is 0 Å². The first kappa shape index (κ1) is 27.3. The maximum atomic E-state index is 6.25. The second kappa shape index (κ2) is 10.3. The van der Waals surface area contributed by atoms with Gasteiger partial charge in [0.15, 0.2) is 33.3 Å². The molecule has 0 fully saturated rings. The van der Waals surface area contributed by atoms with E-state index in [1.165, 1.54) is 10.4 Å². The summed E-state index contributed by atoms with van der Waals surface area (Å²) in [5.74, 6) is 0. The molecule has 0 aromatic heterocycles. The minimum absolute atomic E-state index is 0. The summed E-state index contributed by atoms with van der Waals surface area (Å²) in [6, 6.07) is 0. The zero-order valence-electron chi connectivity index (χ0n) is 18.9. The van der Waals surface area contributed by atoms with Crippen LogP contribution in [0.1, 0.15) is 12.8 Å². The third-order valence-electron chi connectivity index (χ3n) is 3.97. The molecule has 0 aromatic rings. The van der Waals surface area contributed by atoms with Gasteiger partial charge in [-0.1, -0.05) is 12.8 Å². The molecule has 2 aliphatic rings. The SMILES string of the molecule is C[Si](C)(C)O[Si](C)(C)C1=[C-]C=CC1.C[Si](C)(C)O[Si](C)(C)C1=[C-]C=CC1.[Fe+2]. The van der Waals surface area contributed by atoms with E-state index in [4.69, 9.17) is 8.23 Å². The maximum Gasteiger partial charge on any atom is 2.00 e. The fraction of sp³-hybridized carbons (Fsp3) is 0.600. The number of hydrogen-bond acceptors (Lipinski definition) is 2. The van der Waals surface area contributed by atoms with Gasteiger partial charge < -0.3 is 8.23 Å². The Hall–Kier alpha value is 0.267. The Morgan fingerprint density at radius 1 is 0.630 bits per heavy atom. The molecular weight excluding hydrogens is 440 g/mol. The van der Waals surface area contributed by atoms with Crippen molar-refractivity contribution in [2.45, 2.75) is 78.3 Å². The summed E-state index contributed by atoms with van der Waals surface area (Å²) in [5.41, 5.74) is 0. The third-order valence-corrected chi connectivity index (χ3v) is 16.6. The van der Waals surface area contributed by atoms with Crippen LogP contribution in [0.5, 0.6) is 0 Å². The Labute approximate surface area is 183 Å². The van der Waals surface area contributed by atoms with Crippen molar-refractivity contribution in [2.24, 2.45) is 0 Å². The first-order chi connectivity index (χ1) is 11.6. The molecule has 2 nitrogen and oxygen atoms in total. The minimum Gasteiger partial charge on any atom is -0.454 e. The molecule has 7 heteroatoms. The van der Waals surface area contributed by atoms with Gasteiger partial charge in [0.2, 0.25) is 0 Å². The van der Waals surface area contributed by atoms with Gasteiger partial charge >= 0.3 is 17.1 Å². The predicted molar refractivity (Wildman–Crippen MR) is 125 cm³/mol. The van der Waals surface area contributed by atoms with Crippen LogP contribution in [0.2, 0.25) is 65.5 Å². The van der Waals surface area contributed by atoms with Crippen molar-refractivity contribution < 1.29 is 25.3 Å². The summed E-state index contributed by atoms with van der Waals surface area (Å²) in [6.45, 7) is 22.6. The monoisotopic (exact) mass is 478 g/mol. The van der Waals surface area contributed by atoms with E-state index in [9.17, 15) is 0 Å². The van der Waals surface area contributed by atoms with Gasteiger partial charge in [0.25, 0.3) is 0 Å². The molecule has 0 amide bonds. The maximum absolute atomic E-state index is 6.25. The molecule has 0 saturated heterocycles. The van der Waals surface area contributed by atoms with Crippen molar-refractivity contribution >= 4 is 33.3 Å². The summed E-state index contributed by atoms with van der Waals surface area (Å²) < 4.78 is 12.5. The van der Waals surface area contributed by atoms with Crippen molar-refractivity contribution in [2.75, 3.05) is 0 Å². The Morgan fingerprint density at radius 2 is 0.926 bits per heavy atom. The fourth-order valence-electron chi connectivity index (χ4n) is 3.28. The van der Waals surface area contributed by atoms with Gasteiger partial charge in [0, 0.05) is 0 Å². The number of allylic oxidation sites excluding steroid dienone is 8. The largest absolute Gasteiger partial charge is 2.00 e. The molecule has 0 aromatic carbocycles. The number of rotatable bonds is 6. The van der Waals surface area contributed by atoms with E-state index in [1.807, 2.05) is 12.2 Å². The van der Waals surface area contributed by atoms with Crippen molar-refractivity contribution in [3.05, 3.63) is 46.8 Å². The van der Waals surface area contributed by atoms with Gasteiger partial charge in [-0.15, -0.1) is 0 Å². The molecular formula is C20H38FeO2Si4. The van der Waals surface area contributed by atoms with E-state index < -0.39 is 33.3 Å². The molecule has 2 aliphatic carbocycles. The smallest absolute Gasteiger partial charge is 0.454 e. The first-order valence-electron chi connectivity index (χ1n) is 9.58. The van der Waals surface area contributed by atoms with Crippen LogP contribution in [0.15, 0.2) is 34.7 Å². The molecule has 0 N–H and O–H groups in total. The molecule has 0 aliphatic heterocycles. The molecule has 27 heavy (non-hydrogen) atoms. The van der Waals surface area contributed by atoms with E-state index in [2.05, 4.69) is 89.8 Å². The molecule has 0 bridgehead atoms. The van der Waals surface area contributed by atoms with E-state index in [0.29, 0.717) is 0 Å². The fourth-order valence-corrected chi connectivity index (χ4v) is 18.6. The van der Waals surface area contributed by atoms with Crippen molar-refractivity contribution in [3.63, 3.8) is 0 Å². The van der Waals surface area contributed by atoms with Gasteiger partial charge in [-0.3, -0.25) is 12.2 Å². The molecule has 0 unspecified atom stereocenters. The van der Waals surface area contributed by atoms with E-state index in [1.54, 1.807) is 0 Å². The van der Waals surface area contributed by atoms with Crippen LogP contribution >= 0.6 is 0 Å². The van der Waals surface area contributed by atoms with E-state index in [-0.39, 0.29) is 17.1 Å². The van der Waals surface area contributed by atoms with Crippen LogP contribution in [0.3, 0.4) is 0 Å². The van der Waals surface area contributed by atoms with E-state index in [0.717, 1.165) is 12.8 Å². The number of hydrogen-bond donors (Lipinski definition) is 0. The van der Waals surface area contributed by atoms with Crippen LogP contribution in [-0.2, 0) is 25.3 Å².